The van der Waals surface area contributed by atoms with Gasteiger partial charge in [0.25, 0.3) is 0 Å². The van der Waals surface area contributed by atoms with Crippen molar-refractivity contribution in [2.75, 3.05) is 19.5 Å². The van der Waals surface area contributed by atoms with Gasteiger partial charge in [0, 0.05) is 26.3 Å². The van der Waals surface area contributed by atoms with Crippen LogP contribution in [0.15, 0.2) is 6.07 Å². The van der Waals surface area contributed by atoms with Gasteiger partial charge in [-0.2, -0.15) is 0 Å². The van der Waals surface area contributed by atoms with Crippen LogP contribution >= 0.6 is 11.6 Å². The first-order valence-corrected chi connectivity index (χ1v) is 6.40. The van der Waals surface area contributed by atoms with Crippen molar-refractivity contribution in [3.8, 4) is 0 Å². The first-order valence-electron chi connectivity index (χ1n) is 6.03. The fourth-order valence-electron chi connectivity index (χ4n) is 2.23. The quantitative estimate of drug-likeness (QED) is 0.833. The van der Waals surface area contributed by atoms with E-state index in [1.165, 1.54) is 0 Å². The molecule has 1 saturated carbocycles. The molecule has 100 valence electrons. The van der Waals surface area contributed by atoms with E-state index in [1.807, 2.05) is 0 Å². The van der Waals surface area contributed by atoms with Crippen molar-refractivity contribution in [1.82, 2.24) is 9.97 Å². The monoisotopic (exact) mass is 271 g/mol. The van der Waals surface area contributed by atoms with Gasteiger partial charge in [-0.25, -0.2) is 9.97 Å². The zero-order valence-corrected chi connectivity index (χ0v) is 11.4. The van der Waals surface area contributed by atoms with E-state index in [-0.39, 0.29) is 0 Å². The Bertz CT molecular complexity index is 403. The lowest BCUT2D eigenvalue weighted by atomic mass is 10.2. The highest BCUT2D eigenvalue weighted by molar-refractivity contribution is 6.29. The Morgan fingerprint density at radius 1 is 1.39 bits per heavy atom. The van der Waals surface area contributed by atoms with Crippen molar-refractivity contribution >= 4 is 17.4 Å². The average Bonchev–Trinajstić information content (AvgIpc) is 2.76. The lowest BCUT2D eigenvalue weighted by Crippen LogP contribution is -2.18. The number of rotatable bonds is 5. The third kappa shape index (κ3) is 3.54. The summed E-state index contributed by atoms with van der Waals surface area (Å²) in [5.74, 6) is 1.34. The second-order valence-corrected chi connectivity index (χ2v) is 4.82. The number of hydrogen-bond donors (Lipinski definition) is 1. The van der Waals surface area contributed by atoms with Gasteiger partial charge in [-0.05, 0) is 19.3 Å². The van der Waals surface area contributed by atoms with E-state index in [0.29, 0.717) is 29.7 Å². The van der Waals surface area contributed by atoms with Gasteiger partial charge in [-0.3, -0.25) is 0 Å². The van der Waals surface area contributed by atoms with Gasteiger partial charge >= 0.3 is 0 Å². The van der Waals surface area contributed by atoms with Crippen LogP contribution in [-0.2, 0) is 16.1 Å². The molecule has 0 aliphatic heterocycles. The molecule has 1 fully saturated rings. The Morgan fingerprint density at radius 3 is 2.89 bits per heavy atom. The van der Waals surface area contributed by atoms with Gasteiger partial charge in [-0.1, -0.05) is 11.6 Å². The van der Waals surface area contributed by atoms with Crippen LogP contribution in [-0.4, -0.2) is 36.3 Å². The van der Waals surface area contributed by atoms with E-state index in [4.69, 9.17) is 21.1 Å². The molecule has 5 nitrogen and oxygen atoms in total. The van der Waals surface area contributed by atoms with Crippen LogP contribution in [0.2, 0.25) is 5.15 Å². The highest BCUT2D eigenvalue weighted by Gasteiger charge is 2.24. The van der Waals surface area contributed by atoms with Gasteiger partial charge in [0.1, 0.15) is 17.6 Å². The fraction of sp³-hybridized carbons (Fsp3) is 0.667. The van der Waals surface area contributed by atoms with Crippen molar-refractivity contribution in [3.63, 3.8) is 0 Å². The normalized spacial score (nSPS) is 23.3. The molecular formula is C12H18ClN3O2. The van der Waals surface area contributed by atoms with Crippen molar-refractivity contribution in [3.05, 3.63) is 17.0 Å². The molecule has 0 spiro atoms. The third-order valence-electron chi connectivity index (χ3n) is 3.08. The van der Waals surface area contributed by atoms with Crippen LogP contribution < -0.4 is 5.32 Å². The van der Waals surface area contributed by atoms with Crippen LogP contribution in [0, 0.1) is 0 Å². The van der Waals surface area contributed by atoms with E-state index in [0.717, 1.165) is 25.1 Å². The number of ether oxygens (including phenoxy) is 2. The molecule has 2 atom stereocenters. The van der Waals surface area contributed by atoms with E-state index < -0.39 is 0 Å². The minimum absolute atomic E-state index is 0.346. The van der Waals surface area contributed by atoms with Crippen molar-refractivity contribution in [2.24, 2.45) is 0 Å². The Morgan fingerprint density at radius 2 is 2.22 bits per heavy atom. The molecule has 2 unspecified atom stereocenters. The lowest BCUT2D eigenvalue weighted by Gasteiger charge is -2.14. The second-order valence-electron chi connectivity index (χ2n) is 4.44. The van der Waals surface area contributed by atoms with Gasteiger partial charge in [0.2, 0.25) is 0 Å². The summed E-state index contributed by atoms with van der Waals surface area (Å²) in [5, 5.41) is 3.81. The molecule has 1 heterocycles. The Kier molecular flexibility index (Phi) is 4.74. The predicted molar refractivity (Wildman–Crippen MR) is 69.8 cm³/mol. The van der Waals surface area contributed by atoms with E-state index >= 15 is 0 Å². The van der Waals surface area contributed by atoms with Crippen LogP contribution in [0.4, 0.5) is 5.82 Å². The molecule has 0 amide bonds. The van der Waals surface area contributed by atoms with Gasteiger partial charge < -0.3 is 14.8 Å². The molecule has 0 aromatic carbocycles. The summed E-state index contributed by atoms with van der Waals surface area (Å²) in [4.78, 5) is 8.46. The first-order chi connectivity index (χ1) is 8.71. The SMILES string of the molecule is COCc1nc(Cl)cc(NC2CCC(OC)C2)n1. The maximum absolute atomic E-state index is 5.96. The molecule has 0 bridgehead atoms. The first kappa shape index (κ1) is 13.5. The molecule has 1 aliphatic carbocycles. The molecule has 1 aromatic rings. The van der Waals surface area contributed by atoms with Crippen molar-refractivity contribution in [1.29, 1.82) is 0 Å². The molecule has 1 aromatic heterocycles. The van der Waals surface area contributed by atoms with Crippen molar-refractivity contribution < 1.29 is 9.47 Å². The van der Waals surface area contributed by atoms with Crippen LogP contribution in [0.5, 0.6) is 0 Å². The maximum Gasteiger partial charge on any atom is 0.158 e. The number of anilines is 1. The van der Waals surface area contributed by atoms with Gasteiger partial charge in [-0.15, -0.1) is 0 Å². The smallest absolute Gasteiger partial charge is 0.158 e. The van der Waals surface area contributed by atoms with E-state index in [2.05, 4.69) is 15.3 Å². The zero-order valence-electron chi connectivity index (χ0n) is 10.6. The molecule has 0 radical (unpaired) electrons. The van der Waals surface area contributed by atoms with Crippen molar-refractivity contribution in [2.45, 2.75) is 38.0 Å². The summed E-state index contributed by atoms with van der Waals surface area (Å²) in [6.45, 7) is 0.362. The topological polar surface area (TPSA) is 56.3 Å². The summed E-state index contributed by atoms with van der Waals surface area (Å²) >= 11 is 5.96. The fourth-order valence-corrected chi connectivity index (χ4v) is 2.43. The molecule has 0 saturated heterocycles. The van der Waals surface area contributed by atoms with Crippen LogP contribution in [0.25, 0.3) is 0 Å². The predicted octanol–water partition coefficient (Wildman–Crippen LogP) is 2.26. The van der Waals surface area contributed by atoms with E-state index in [1.54, 1.807) is 20.3 Å². The number of halogens is 1. The minimum Gasteiger partial charge on any atom is -0.381 e. The molecular weight excluding hydrogens is 254 g/mol. The van der Waals surface area contributed by atoms with Gasteiger partial charge in [0.15, 0.2) is 5.82 Å². The Labute approximate surface area is 112 Å². The largest absolute Gasteiger partial charge is 0.381 e. The third-order valence-corrected chi connectivity index (χ3v) is 3.28. The van der Waals surface area contributed by atoms with Crippen LogP contribution in [0.3, 0.4) is 0 Å². The molecule has 1 N–H and O–H groups in total. The maximum atomic E-state index is 5.96. The standard InChI is InChI=1S/C12H18ClN3O2/c1-17-7-12-15-10(13)6-11(16-12)14-8-3-4-9(5-8)18-2/h6,8-9H,3-5,7H2,1-2H3,(H,14,15,16). The average molecular weight is 272 g/mol. The molecule has 1 aliphatic rings. The van der Waals surface area contributed by atoms with Crippen LogP contribution in [0.1, 0.15) is 25.1 Å². The number of hydrogen-bond acceptors (Lipinski definition) is 5. The summed E-state index contributed by atoms with van der Waals surface area (Å²) in [7, 11) is 3.36. The summed E-state index contributed by atoms with van der Waals surface area (Å²) in [5.41, 5.74) is 0. The summed E-state index contributed by atoms with van der Waals surface area (Å²) in [6.07, 6.45) is 3.51. The summed E-state index contributed by atoms with van der Waals surface area (Å²) < 4.78 is 10.4. The zero-order chi connectivity index (χ0) is 13.0. The highest BCUT2D eigenvalue weighted by Crippen LogP contribution is 2.24. The number of methoxy groups -OCH3 is 2. The number of nitrogens with one attached hydrogen (secondary N) is 1. The Balaban J connectivity index is 2.00. The summed E-state index contributed by atoms with van der Waals surface area (Å²) in [6, 6.07) is 2.12. The molecule has 6 heteroatoms. The minimum atomic E-state index is 0.346. The number of aromatic nitrogens is 2. The Hall–Kier alpha value is -0.910. The number of nitrogens with zero attached hydrogens (tertiary/aromatic N) is 2. The molecule has 18 heavy (non-hydrogen) atoms. The van der Waals surface area contributed by atoms with E-state index in [9.17, 15) is 0 Å². The van der Waals surface area contributed by atoms with Gasteiger partial charge in [0.05, 0.1) is 6.10 Å². The molecule has 2 rings (SSSR count). The lowest BCUT2D eigenvalue weighted by molar-refractivity contribution is 0.108. The highest BCUT2D eigenvalue weighted by atomic mass is 35.5. The second kappa shape index (κ2) is 6.31.